The number of carbonyl (C=O) groups is 1. The normalized spacial score (nSPS) is 20.2. The molecule has 1 aliphatic rings. The molecule has 1 aromatic rings. The van der Waals surface area contributed by atoms with Gasteiger partial charge in [0.15, 0.2) is 0 Å². The minimum Gasteiger partial charge on any atom is -0.374 e. The predicted molar refractivity (Wildman–Crippen MR) is 68.6 cm³/mol. The van der Waals surface area contributed by atoms with Crippen LogP contribution in [0.4, 0.5) is 0 Å². The van der Waals surface area contributed by atoms with Gasteiger partial charge in [0.05, 0.1) is 18.3 Å². The summed E-state index contributed by atoms with van der Waals surface area (Å²) in [5.41, 5.74) is 1.86. The topological polar surface area (TPSA) is 41.6 Å². The first-order valence-corrected chi connectivity index (χ1v) is 6.73. The average Bonchev–Trinajstić information content (AvgIpc) is 2.76. The quantitative estimate of drug-likeness (QED) is 0.879. The zero-order valence-corrected chi connectivity index (χ0v) is 11.0. The second-order valence-corrected chi connectivity index (χ2v) is 5.09. The first-order valence-electron chi connectivity index (χ1n) is 5.79. The molecule has 1 aliphatic heterocycles. The summed E-state index contributed by atoms with van der Waals surface area (Å²) in [5.74, 6) is 0.0814. The maximum atomic E-state index is 12.2. The van der Waals surface area contributed by atoms with Crippen molar-refractivity contribution in [3.8, 4) is 0 Å². The number of nitrogens with one attached hydrogen (secondary N) is 1. The molecule has 0 saturated carbocycles. The van der Waals surface area contributed by atoms with Crippen LogP contribution in [0.2, 0.25) is 0 Å². The monoisotopic (exact) mass is 254 g/mol. The van der Waals surface area contributed by atoms with Gasteiger partial charge < -0.3 is 15.0 Å². The molecule has 1 unspecified atom stereocenters. The molecule has 2 heterocycles. The fourth-order valence-electron chi connectivity index (χ4n) is 1.91. The molecule has 0 aromatic carbocycles. The van der Waals surface area contributed by atoms with E-state index in [9.17, 15) is 4.79 Å². The number of likely N-dealkylation sites (N-methyl/N-ethyl adjacent to an activating group) is 1. The number of thiophene rings is 1. The molecule has 1 aromatic heterocycles. The van der Waals surface area contributed by atoms with Gasteiger partial charge in [-0.3, -0.25) is 4.79 Å². The van der Waals surface area contributed by atoms with E-state index in [0.717, 1.165) is 30.8 Å². The van der Waals surface area contributed by atoms with Crippen molar-refractivity contribution in [2.45, 2.75) is 13.0 Å². The standard InChI is InChI=1S/C12H18N2O2S/c1-9-7-17-8-11(9)12(15)14(2)6-10-5-13-3-4-16-10/h7-8,10,13H,3-6H2,1-2H3. The number of ether oxygens (including phenoxy) is 1. The first kappa shape index (κ1) is 12.5. The molecule has 1 atom stereocenters. The van der Waals surface area contributed by atoms with Crippen LogP contribution < -0.4 is 5.32 Å². The number of hydrogen-bond donors (Lipinski definition) is 1. The third kappa shape index (κ3) is 3.06. The maximum Gasteiger partial charge on any atom is 0.254 e. The third-order valence-corrected chi connectivity index (χ3v) is 3.78. The van der Waals surface area contributed by atoms with Crippen molar-refractivity contribution in [2.75, 3.05) is 33.3 Å². The Morgan fingerprint density at radius 1 is 1.65 bits per heavy atom. The van der Waals surface area contributed by atoms with Crippen LogP contribution in [-0.2, 0) is 4.74 Å². The molecule has 1 fully saturated rings. The zero-order chi connectivity index (χ0) is 12.3. The van der Waals surface area contributed by atoms with Gasteiger partial charge >= 0.3 is 0 Å². The summed E-state index contributed by atoms with van der Waals surface area (Å²) in [5, 5.41) is 7.17. The van der Waals surface area contributed by atoms with Crippen LogP contribution in [0, 0.1) is 6.92 Å². The molecular weight excluding hydrogens is 236 g/mol. The highest BCUT2D eigenvalue weighted by Crippen LogP contribution is 2.15. The molecule has 0 aliphatic carbocycles. The molecule has 0 bridgehead atoms. The summed E-state index contributed by atoms with van der Waals surface area (Å²) < 4.78 is 5.59. The van der Waals surface area contributed by atoms with Gasteiger partial charge in [0.2, 0.25) is 0 Å². The number of morpholine rings is 1. The van der Waals surface area contributed by atoms with Crippen molar-refractivity contribution in [1.82, 2.24) is 10.2 Å². The van der Waals surface area contributed by atoms with Gasteiger partial charge in [0, 0.05) is 32.1 Å². The van der Waals surface area contributed by atoms with E-state index >= 15 is 0 Å². The maximum absolute atomic E-state index is 12.2. The Hall–Kier alpha value is -0.910. The molecule has 4 nitrogen and oxygen atoms in total. The van der Waals surface area contributed by atoms with Crippen molar-refractivity contribution in [3.05, 3.63) is 21.9 Å². The summed E-state index contributed by atoms with van der Waals surface area (Å²) in [6.07, 6.45) is 0.108. The van der Waals surface area contributed by atoms with Gasteiger partial charge in [0.25, 0.3) is 5.91 Å². The van der Waals surface area contributed by atoms with Gasteiger partial charge in [0.1, 0.15) is 0 Å². The van der Waals surface area contributed by atoms with Crippen LogP contribution in [-0.4, -0.2) is 50.2 Å². The number of rotatable bonds is 3. The van der Waals surface area contributed by atoms with E-state index in [2.05, 4.69) is 5.32 Å². The Bertz CT molecular complexity index is 386. The molecule has 1 saturated heterocycles. The van der Waals surface area contributed by atoms with Crippen molar-refractivity contribution < 1.29 is 9.53 Å². The SMILES string of the molecule is Cc1cscc1C(=O)N(C)CC1CNCCO1. The Balaban J connectivity index is 1.93. The van der Waals surface area contributed by atoms with E-state index < -0.39 is 0 Å². The van der Waals surface area contributed by atoms with Crippen LogP contribution in [0.3, 0.4) is 0 Å². The Morgan fingerprint density at radius 2 is 2.47 bits per heavy atom. The fraction of sp³-hybridized carbons (Fsp3) is 0.583. The lowest BCUT2D eigenvalue weighted by Gasteiger charge is -2.28. The number of hydrogen-bond acceptors (Lipinski definition) is 4. The van der Waals surface area contributed by atoms with Gasteiger partial charge in [-0.1, -0.05) is 0 Å². The van der Waals surface area contributed by atoms with Gasteiger partial charge in [-0.25, -0.2) is 0 Å². The lowest BCUT2D eigenvalue weighted by atomic mass is 10.2. The summed E-state index contributed by atoms with van der Waals surface area (Å²) in [6.45, 7) is 5.06. The van der Waals surface area contributed by atoms with E-state index in [4.69, 9.17) is 4.74 Å². The Morgan fingerprint density at radius 3 is 3.06 bits per heavy atom. The third-order valence-electron chi connectivity index (χ3n) is 2.91. The number of aryl methyl sites for hydroxylation is 1. The van der Waals surface area contributed by atoms with E-state index in [1.54, 1.807) is 16.2 Å². The van der Waals surface area contributed by atoms with Crippen LogP contribution in [0.5, 0.6) is 0 Å². The average molecular weight is 254 g/mol. The molecule has 0 spiro atoms. The molecule has 17 heavy (non-hydrogen) atoms. The van der Waals surface area contributed by atoms with Crippen LogP contribution in [0.15, 0.2) is 10.8 Å². The minimum absolute atomic E-state index is 0.0814. The predicted octanol–water partition coefficient (Wildman–Crippen LogP) is 1.12. The highest BCUT2D eigenvalue weighted by atomic mass is 32.1. The van der Waals surface area contributed by atoms with E-state index in [1.165, 1.54) is 0 Å². The van der Waals surface area contributed by atoms with E-state index in [-0.39, 0.29) is 12.0 Å². The lowest BCUT2D eigenvalue weighted by Crippen LogP contribution is -2.45. The molecule has 94 valence electrons. The summed E-state index contributed by atoms with van der Waals surface area (Å²) in [4.78, 5) is 13.9. The molecular formula is C12H18N2O2S. The largest absolute Gasteiger partial charge is 0.374 e. The van der Waals surface area contributed by atoms with Crippen LogP contribution in [0.1, 0.15) is 15.9 Å². The second kappa shape index (κ2) is 5.62. The molecule has 0 radical (unpaired) electrons. The second-order valence-electron chi connectivity index (χ2n) is 4.35. The highest BCUT2D eigenvalue weighted by Gasteiger charge is 2.20. The summed E-state index contributed by atoms with van der Waals surface area (Å²) >= 11 is 1.57. The molecule has 1 amide bonds. The van der Waals surface area contributed by atoms with Crippen LogP contribution >= 0.6 is 11.3 Å². The van der Waals surface area contributed by atoms with Crippen molar-refractivity contribution in [1.29, 1.82) is 0 Å². The summed E-state index contributed by atoms with van der Waals surface area (Å²) in [7, 11) is 1.83. The van der Waals surface area contributed by atoms with Gasteiger partial charge in [-0.05, 0) is 17.9 Å². The van der Waals surface area contributed by atoms with Gasteiger partial charge in [-0.2, -0.15) is 11.3 Å². The number of nitrogens with zero attached hydrogens (tertiary/aromatic N) is 1. The van der Waals surface area contributed by atoms with E-state index in [0.29, 0.717) is 6.54 Å². The Labute approximate surface area is 106 Å². The van der Waals surface area contributed by atoms with Crippen LogP contribution in [0.25, 0.3) is 0 Å². The van der Waals surface area contributed by atoms with Gasteiger partial charge in [-0.15, -0.1) is 0 Å². The Kier molecular flexibility index (Phi) is 4.15. The van der Waals surface area contributed by atoms with Crippen molar-refractivity contribution in [3.63, 3.8) is 0 Å². The minimum atomic E-state index is 0.0814. The highest BCUT2D eigenvalue weighted by molar-refractivity contribution is 7.08. The number of carbonyl (C=O) groups excluding carboxylic acids is 1. The van der Waals surface area contributed by atoms with Crippen molar-refractivity contribution in [2.24, 2.45) is 0 Å². The van der Waals surface area contributed by atoms with Crippen molar-refractivity contribution >= 4 is 17.2 Å². The molecule has 5 heteroatoms. The smallest absolute Gasteiger partial charge is 0.254 e. The summed E-state index contributed by atoms with van der Waals surface area (Å²) in [6, 6.07) is 0. The number of amides is 1. The van der Waals surface area contributed by atoms with E-state index in [1.807, 2.05) is 24.7 Å². The first-order chi connectivity index (χ1) is 8.18. The molecule has 1 N–H and O–H groups in total. The fourth-order valence-corrected chi connectivity index (χ4v) is 2.73. The zero-order valence-electron chi connectivity index (χ0n) is 10.2. The molecule has 2 rings (SSSR count). The lowest BCUT2D eigenvalue weighted by molar-refractivity contribution is 0.0104.